The van der Waals surface area contributed by atoms with Crippen molar-refractivity contribution in [3.05, 3.63) is 82.8 Å². The molecule has 0 aliphatic rings. The molecule has 3 aromatic rings. The Bertz CT molecular complexity index is 979. The van der Waals surface area contributed by atoms with Crippen LogP contribution in [0.2, 0.25) is 5.02 Å². The van der Waals surface area contributed by atoms with Crippen molar-refractivity contribution in [2.45, 2.75) is 6.54 Å². The molecule has 0 spiro atoms. The second kappa shape index (κ2) is 8.96. The van der Waals surface area contributed by atoms with Crippen LogP contribution in [-0.4, -0.2) is 29.0 Å². The van der Waals surface area contributed by atoms with Gasteiger partial charge in [0.25, 0.3) is 5.91 Å². The molecule has 3 rings (SSSR count). The number of pyridine rings is 2. The molecular weight excluding hydrogens is 380 g/mol. The number of amides is 1. The lowest BCUT2D eigenvalue weighted by atomic mass is 10.2. The number of carbonyl (C=O) groups excluding carboxylic acids is 2. The standard InChI is InChI=1S/C20H17ClN4O3/c1-28-20(27)14-4-6-16(21)17(9-14)25-18-7-5-15(12-23-18)19(26)24-11-13-3-2-8-22-10-13/h2-10,12H,11H2,1H3,(H,23,25)(H,24,26). The van der Waals surface area contributed by atoms with Crippen molar-refractivity contribution >= 4 is 35.0 Å². The fraction of sp³-hybridized carbons (Fsp3) is 0.100. The van der Waals surface area contributed by atoms with Crippen molar-refractivity contribution in [1.29, 1.82) is 0 Å². The zero-order valence-electron chi connectivity index (χ0n) is 15.0. The molecule has 1 aromatic carbocycles. The smallest absolute Gasteiger partial charge is 0.337 e. The molecule has 8 heteroatoms. The number of nitrogens with one attached hydrogen (secondary N) is 2. The van der Waals surface area contributed by atoms with E-state index in [4.69, 9.17) is 16.3 Å². The molecule has 0 fully saturated rings. The first-order chi connectivity index (χ1) is 13.6. The first-order valence-electron chi connectivity index (χ1n) is 8.35. The molecule has 0 radical (unpaired) electrons. The van der Waals surface area contributed by atoms with Crippen molar-refractivity contribution in [3.63, 3.8) is 0 Å². The topological polar surface area (TPSA) is 93.2 Å². The number of methoxy groups -OCH3 is 1. The minimum atomic E-state index is -0.465. The van der Waals surface area contributed by atoms with E-state index >= 15 is 0 Å². The maximum Gasteiger partial charge on any atom is 0.337 e. The molecule has 1 amide bonds. The Balaban J connectivity index is 1.66. The first-order valence-corrected chi connectivity index (χ1v) is 8.72. The van der Waals surface area contributed by atoms with Crippen LogP contribution in [0.25, 0.3) is 0 Å². The Kier molecular flexibility index (Phi) is 6.18. The summed E-state index contributed by atoms with van der Waals surface area (Å²) in [4.78, 5) is 32.1. The van der Waals surface area contributed by atoms with Crippen LogP contribution in [0.15, 0.2) is 61.1 Å². The van der Waals surface area contributed by atoms with E-state index in [1.807, 2.05) is 12.1 Å². The number of nitrogens with zero attached hydrogens (tertiary/aromatic N) is 2. The largest absolute Gasteiger partial charge is 0.465 e. The van der Waals surface area contributed by atoms with E-state index in [2.05, 4.69) is 20.6 Å². The normalized spacial score (nSPS) is 10.2. The molecule has 142 valence electrons. The monoisotopic (exact) mass is 396 g/mol. The number of benzene rings is 1. The van der Waals surface area contributed by atoms with E-state index in [1.54, 1.807) is 42.7 Å². The SMILES string of the molecule is COC(=O)c1ccc(Cl)c(Nc2ccc(C(=O)NCc3cccnc3)cn2)c1. The second-order valence-electron chi connectivity index (χ2n) is 5.79. The summed E-state index contributed by atoms with van der Waals surface area (Å²) in [6, 6.07) is 11.7. The molecule has 0 saturated carbocycles. The van der Waals surface area contributed by atoms with Gasteiger partial charge in [-0.05, 0) is 42.0 Å². The van der Waals surface area contributed by atoms with Crippen LogP contribution in [0.5, 0.6) is 0 Å². The highest BCUT2D eigenvalue weighted by molar-refractivity contribution is 6.33. The van der Waals surface area contributed by atoms with E-state index in [-0.39, 0.29) is 5.91 Å². The van der Waals surface area contributed by atoms with Gasteiger partial charge >= 0.3 is 5.97 Å². The van der Waals surface area contributed by atoms with Crippen LogP contribution < -0.4 is 10.6 Å². The number of hydrogen-bond donors (Lipinski definition) is 2. The van der Waals surface area contributed by atoms with Gasteiger partial charge in [0, 0.05) is 25.1 Å². The lowest BCUT2D eigenvalue weighted by Gasteiger charge is -2.10. The number of hydrogen-bond acceptors (Lipinski definition) is 6. The Labute approximate surface area is 166 Å². The summed E-state index contributed by atoms with van der Waals surface area (Å²) in [7, 11) is 1.31. The average Bonchev–Trinajstić information content (AvgIpc) is 2.74. The molecule has 7 nitrogen and oxygen atoms in total. The van der Waals surface area contributed by atoms with Crippen molar-refractivity contribution < 1.29 is 14.3 Å². The highest BCUT2D eigenvalue weighted by atomic mass is 35.5. The van der Waals surface area contributed by atoms with E-state index in [0.29, 0.717) is 34.2 Å². The second-order valence-corrected chi connectivity index (χ2v) is 6.19. The summed E-state index contributed by atoms with van der Waals surface area (Å²) in [5.74, 6) is -0.227. The van der Waals surface area contributed by atoms with Crippen molar-refractivity contribution in [1.82, 2.24) is 15.3 Å². The summed E-state index contributed by atoms with van der Waals surface area (Å²) in [6.07, 6.45) is 4.82. The summed E-state index contributed by atoms with van der Waals surface area (Å²) in [5, 5.41) is 6.26. The van der Waals surface area contributed by atoms with Crippen LogP contribution in [0.3, 0.4) is 0 Å². The van der Waals surface area contributed by atoms with Crippen LogP contribution in [0.4, 0.5) is 11.5 Å². The maximum atomic E-state index is 12.2. The van der Waals surface area contributed by atoms with Gasteiger partial charge in [-0.1, -0.05) is 17.7 Å². The third-order valence-electron chi connectivity index (χ3n) is 3.85. The number of carbonyl (C=O) groups is 2. The highest BCUT2D eigenvalue weighted by Gasteiger charge is 2.10. The number of anilines is 2. The number of halogens is 1. The van der Waals surface area contributed by atoms with Gasteiger partial charge in [-0.2, -0.15) is 0 Å². The molecular formula is C20H17ClN4O3. The van der Waals surface area contributed by atoms with E-state index in [9.17, 15) is 9.59 Å². The molecule has 0 saturated heterocycles. The average molecular weight is 397 g/mol. The van der Waals surface area contributed by atoms with Gasteiger partial charge in [-0.25, -0.2) is 9.78 Å². The number of esters is 1. The third kappa shape index (κ3) is 4.83. The first kappa shape index (κ1) is 19.3. The summed E-state index contributed by atoms with van der Waals surface area (Å²) in [5.41, 5.74) is 2.19. The Morgan fingerprint density at radius 2 is 1.93 bits per heavy atom. The van der Waals surface area contributed by atoms with Gasteiger partial charge in [-0.3, -0.25) is 9.78 Å². The van der Waals surface area contributed by atoms with Crippen LogP contribution in [0, 0.1) is 0 Å². The lowest BCUT2D eigenvalue weighted by Crippen LogP contribution is -2.22. The van der Waals surface area contributed by atoms with Crippen LogP contribution in [0.1, 0.15) is 26.3 Å². The fourth-order valence-corrected chi connectivity index (χ4v) is 2.56. The van der Waals surface area contributed by atoms with Crippen molar-refractivity contribution in [3.8, 4) is 0 Å². The molecule has 2 aromatic heterocycles. The number of ether oxygens (including phenoxy) is 1. The molecule has 2 heterocycles. The molecule has 0 aliphatic carbocycles. The van der Waals surface area contributed by atoms with Gasteiger partial charge in [-0.15, -0.1) is 0 Å². The number of aromatic nitrogens is 2. The van der Waals surface area contributed by atoms with E-state index < -0.39 is 5.97 Å². The molecule has 0 bridgehead atoms. The number of rotatable bonds is 6. The van der Waals surface area contributed by atoms with Gasteiger partial charge in [0.05, 0.1) is 28.9 Å². The molecule has 2 N–H and O–H groups in total. The van der Waals surface area contributed by atoms with E-state index in [0.717, 1.165) is 5.56 Å². The van der Waals surface area contributed by atoms with E-state index in [1.165, 1.54) is 13.3 Å². The van der Waals surface area contributed by atoms with Crippen molar-refractivity contribution in [2.24, 2.45) is 0 Å². The predicted molar refractivity (Wildman–Crippen MR) is 106 cm³/mol. The summed E-state index contributed by atoms with van der Waals surface area (Å²) >= 11 is 6.16. The minimum absolute atomic E-state index is 0.242. The van der Waals surface area contributed by atoms with Gasteiger partial charge in [0.2, 0.25) is 0 Å². The Morgan fingerprint density at radius 1 is 1.11 bits per heavy atom. The summed E-state index contributed by atoms with van der Waals surface area (Å²) < 4.78 is 4.70. The zero-order chi connectivity index (χ0) is 19.9. The van der Waals surface area contributed by atoms with Crippen LogP contribution in [-0.2, 0) is 11.3 Å². The summed E-state index contributed by atoms with van der Waals surface area (Å²) in [6.45, 7) is 0.378. The maximum absolute atomic E-state index is 12.2. The molecule has 0 atom stereocenters. The third-order valence-corrected chi connectivity index (χ3v) is 4.18. The molecule has 0 aliphatic heterocycles. The predicted octanol–water partition coefficient (Wildman–Crippen LogP) is 3.59. The Morgan fingerprint density at radius 3 is 2.61 bits per heavy atom. The van der Waals surface area contributed by atoms with Gasteiger partial charge in [0.15, 0.2) is 0 Å². The fourth-order valence-electron chi connectivity index (χ4n) is 2.39. The highest BCUT2D eigenvalue weighted by Crippen LogP contribution is 2.26. The molecule has 0 unspecified atom stereocenters. The zero-order valence-corrected chi connectivity index (χ0v) is 15.7. The molecule has 28 heavy (non-hydrogen) atoms. The lowest BCUT2D eigenvalue weighted by molar-refractivity contribution is 0.0600. The Hall–Kier alpha value is -3.45. The minimum Gasteiger partial charge on any atom is -0.465 e. The van der Waals surface area contributed by atoms with Crippen LogP contribution >= 0.6 is 11.6 Å². The quantitative estimate of drug-likeness (QED) is 0.618. The van der Waals surface area contributed by atoms with Crippen molar-refractivity contribution in [2.75, 3.05) is 12.4 Å². The van der Waals surface area contributed by atoms with Gasteiger partial charge in [0.1, 0.15) is 5.82 Å². The van der Waals surface area contributed by atoms with Gasteiger partial charge < -0.3 is 15.4 Å².